The lowest BCUT2D eigenvalue weighted by Crippen LogP contribution is -2.25. The SMILES string of the molecule is COc1cc(Oc2ccnc3ccc(F)cc23)ccc1CC(=O)OC(C)(C)C. The summed E-state index contributed by atoms with van der Waals surface area (Å²) < 4.78 is 30.3. The Balaban J connectivity index is 1.85. The molecule has 1 heterocycles. The Morgan fingerprint density at radius 3 is 2.57 bits per heavy atom. The fourth-order valence-electron chi connectivity index (χ4n) is 2.78. The molecule has 0 fully saturated rings. The van der Waals surface area contributed by atoms with Gasteiger partial charge in [-0.3, -0.25) is 9.78 Å². The molecule has 0 bridgehead atoms. The van der Waals surface area contributed by atoms with Gasteiger partial charge in [-0.05, 0) is 51.1 Å². The Labute approximate surface area is 163 Å². The highest BCUT2D eigenvalue weighted by Crippen LogP contribution is 2.32. The minimum Gasteiger partial charge on any atom is -0.496 e. The number of aromatic nitrogens is 1. The van der Waals surface area contributed by atoms with Crippen LogP contribution in [-0.2, 0) is 16.0 Å². The molecule has 3 rings (SSSR count). The highest BCUT2D eigenvalue weighted by Gasteiger charge is 2.18. The summed E-state index contributed by atoms with van der Waals surface area (Å²) in [6.07, 6.45) is 1.69. The number of ether oxygens (including phenoxy) is 3. The summed E-state index contributed by atoms with van der Waals surface area (Å²) in [5, 5.41) is 0.569. The van der Waals surface area contributed by atoms with Gasteiger partial charge in [0.15, 0.2) is 0 Å². The number of halogens is 1. The summed E-state index contributed by atoms with van der Waals surface area (Å²) in [5.74, 6) is 0.784. The standard InChI is InChI=1S/C22H22FNO4/c1-22(2,3)28-21(25)11-14-5-7-16(13-20(14)26-4)27-19-9-10-24-18-8-6-15(23)12-17(18)19/h5-10,12-13H,11H2,1-4H3. The first-order valence-corrected chi connectivity index (χ1v) is 8.86. The second-order valence-corrected chi connectivity index (χ2v) is 7.31. The number of nitrogens with zero attached hydrogens (tertiary/aromatic N) is 1. The van der Waals surface area contributed by atoms with E-state index >= 15 is 0 Å². The third-order valence-corrected chi connectivity index (χ3v) is 3.90. The molecule has 28 heavy (non-hydrogen) atoms. The third kappa shape index (κ3) is 4.76. The van der Waals surface area contributed by atoms with Crippen molar-refractivity contribution in [3.05, 3.63) is 60.0 Å². The molecular formula is C22H22FNO4. The zero-order chi connectivity index (χ0) is 20.3. The van der Waals surface area contributed by atoms with Crippen molar-refractivity contribution in [2.45, 2.75) is 32.8 Å². The molecule has 2 aromatic carbocycles. The molecule has 0 atom stereocenters. The van der Waals surface area contributed by atoms with Crippen molar-refractivity contribution >= 4 is 16.9 Å². The van der Waals surface area contributed by atoms with Gasteiger partial charge in [0.05, 0.1) is 19.0 Å². The fraction of sp³-hybridized carbons (Fsp3) is 0.273. The molecule has 0 amide bonds. The van der Waals surface area contributed by atoms with Crippen molar-refractivity contribution in [3.63, 3.8) is 0 Å². The molecule has 0 N–H and O–H groups in total. The predicted molar refractivity (Wildman–Crippen MR) is 104 cm³/mol. The van der Waals surface area contributed by atoms with Gasteiger partial charge in [-0.25, -0.2) is 4.39 Å². The quantitative estimate of drug-likeness (QED) is 0.577. The summed E-state index contributed by atoms with van der Waals surface area (Å²) in [6.45, 7) is 5.46. The van der Waals surface area contributed by atoms with Gasteiger partial charge in [0.2, 0.25) is 0 Å². The molecule has 0 unspecified atom stereocenters. The highest BCUT2D eigenvalue weighted by molar-refractivity contribution is 5.85. The molecule has 0 spiro atoms. The fourth-order valence-corrected chi connectivity index (χ4v) is 2.78. The Bertz CT molecular complexity index is 1010. The monoisotopic (exact) mass is 383 g/mol. The molecule has 0 aliphatic carbocycles. The Morgan fingerprint density at radius 2 is 1.86 bits per heavy atom. The molecule has 5 nitrogen and oxygen atoms in total. The maximum Gasteiger partial charge on any atom is 0.310 e. The van der Waals surface area contributed by atoms with Crippen molar-refractivity contribution < 1.29 is 23.4 Å². The first kappa shape index (κ1) is 19.6. The molecule has 3 aromatic rings. The minimum absolute atomic E-state index is 0.0874. The maximum absolute atomic E-state index is 13.6. The number of hydrogen-bond donors (Lipinski definition) is 0. The molecule has 1 aromatic heterocycles. The molecule has 6 heteroatoms. The second kappa shape index (κ2) is 7.84. The topological polar surface area (TPSA) is 57.7 Å². The van der Waals surface area contributed by atoms with Crippen molar-refractivity contribution in [1.29, 1.82) is 0 Å². The van der Waals surface area contributed by atoms with Gasteiger partial charge in [0.25, 0.3) is 0 Å². The largest absolute Gasteiger partial charge is 0.496 e. The molecule has 0 saturated carbocycles. The number of pyridine rings is 1. The summed E-state index contributed by atoms with van der Waals surface area (Å²) in [7, 11) is 1.52. The first-order valence-electron chi connectivity index (χ1n) is 8.86. The number of esters is 1. The van der Waals surface area contributed by atoms with Gasteiger partial charge in [-0.1, -0.05) is 6.07 Å². The van der Waals surface area contributed by atoms with E-state index < -0.39 is 5.60 Å². The third-order valence-electron chi connectivity index (χ3n) is 3.90. The lowest BCUT2D eigenvalue weighted by atomic mass is 10.1. The van der Waals surface area contributed by atoms with E-state index in [-0.39, 0.29) is 18.2 Å². The van der Waals surface area contributed by atoms with Crippen LogP contribution in [0.3, 0.4) is 0 Å². The Morgan fingerprint density at radius 1 is 1.07 bits per heavy atom. The number of hydrogen-bond acceptors (Lipinski definition) is 5. The average Bonchev–Trinajstić information content (AvgIpc) is 2.62. The Hall–Kier alpha value is -3.15. The normalized spacial score (nSPS) is 11.3. The van der Waals surface area contributed by atoms with Crippen molar-refractivity contribution in [2.75, 3.05) is 7.11 Å². The van der Waals surface area contributed by atoms with E-state index in [1.807, 2.05) is 20.8 Å². The summed E-state index contributed by atoms with van der Waals surface area (Å²) in [6, 6.07) is 11.2. The maximum atomic E-state index is 13.6. The van der Waals surface area contributed by atoms with Gasteiger partial charge in [-0.2, -0.15) is 0 Å². The molecule has 0 aliphatic heterocycles. The van der Waals surface area contributed by atoms with Gasteiger partial charge in [-0.15, -0.1) is 0 Å². The zero-order valence-corrected chi connectivity index (χ0v) is 16.3. The van der Waals surface area contributed by atoms with Gasteiger partial charge < -0.3 is 14.2 Å². The summed E-state index contributed by atoms with van der Waals surface area (Å²) in [5.41, 5.74) is 0.771. The van der Waals surface area contributed by atoms with E-state index in [0.717, 1.165) is 0 Å². The number of carbonyl (C=O) groups is 1. The minimum atomic E-state index is -0.551. The first-order chi connectivity index (χ1) is 13.2. The van der Waals surface area contributed by atoms with E-state index in [1.54, 1.807) is 36.5 Å². The van der Waals surface area contributed by atoms with Gasteiger partial charge in [0.1, 0.15) is 28.7 Å². The lowest BCUT2D eigenvalue weighted by Gasteiger charge is -2.20. The van der Waals surface area contributed by atoms with Crippen LogP contribution in [0.25, 0.3) is 10.9 Å². The van der Waals surface area contributed by atoms with E-state index in [2.05, 4.69) is 4.98 Å². The second-order valence-electron chi connectivity index (χ2n) is 7.31. The van der Waals surface area contributed by atoms with Crippen molar-refractivity contribution in [2.24, 2.45) is 0 Å². The predicted octanol–water partition coefficient (Wildman–Crippen LogP) is 5.06. The number of methoxy groups -OCH3 is 1. The molecule has 0 radical (unpaired) electrons. The Kier molecular flexibility index (Phi) is 5.49. The van der Waals surface area contributed by atoms with Crippen molar-refractivity contribution in [3.8, 4) is 17.2 Å². The van der Waals surface area contributed by atoms with Crippen molar-refractivity contribution in [1.82, 2.24) is 4.98 Å². The van der Waals surface area contributed by atoms with E-state index in [0.29, 0.717) is 33.7 Å². The highest BCUT2D eigenvalue weighted by atomic mass is 19.1. The van der Waals surface area contributed by atoms with E-state index in [4.69, 9.17) is 14.2 Å². The van der Waals surface area contributed by atoms with Crippen LogP contribution in [0.15, 0.2) is 48.7 Å². The molecular weight excluding hydrogens is 361 g/mol. The molecule has 146 valence electrons. The average molecular weight is 383 g/mol. The van der Waals surface area contributed by atoms with E-state index in [9.17, 15) is 9.18 Å². The van der Waals surface area contributed by atoms with Crippen LogP contribution in [0.4, 0.5) is 4.39 Å². The number of rotatable bonds is 5. The van der Waals surface area contributed by atoms with Crippen LogP contribution in [0.2, 0.25) is 0 Å². The zero-order valence-electron chi connectivity index (χ0n) is 16.3. The van der Waals surface area contributed by atoms with E-state index in [1.165, 1.54) is 19.2 Å². The molecule has 0 aliphatic rings. The summed E-state index contributed by atoms with van der Waals surface area (Å²) in [4.78, 5) is 16.3. The van der Waals surface area contributed by atoms with Crippen LogP contribution in [0.5, 0.6) is 17.2 Å². The summed E-state index contributed by atoms with van der Waals surface area (Å²) >= 11 is 0. The number of carbonyl (C=O) groups excluding carboxylic acids is 1. The van der Waals surface area contributed by atoms with Gasteiger partial charge >= 0.3 is 5.97 Å². The van der Waals surface area contributed by atoms with Crippen LogP contribution in [-0.4, -0.2) is 23.7 Å². The lowest BCUT2D eigenvalue weighted by molar-refractivity contribution is -0.153. The van der Waals surface area contributed by atoms with Crippen LogP contribution < -0.4 is 9.47 Å². The number of fused-ring (bicyclic) bond motifs is 1. The van der Waals surface area contributed by atoms with Crippen LogP contribution in [0.1, 0.15) is 26.3 Å². The van der Waals surface area contributed by atoms with Crippen LogP contribution >= 0.6 is 0 Å². The van der Waals surface area contributed by atoms with Gasteiger partial charge in [0, 0.05) is 23.2 Å². The molecule has 0 saturated heterocycles. The van der Waals surface area contributed by atoms with Crippen LogP contribution in [0, 0.1) is 5.82 Å². The smallest absolute Gasteiger partial charge is 0.310 e. The number of benzene rings is 2.